The van der Waals surface area contributed by atoms with Crippen molar-refractivity contribution in [2.45, 2.75) is 23.8 Å². The van der Waals surface area contributed by atoms with Gasteiger partial charge in [0.1, 0.15) is 5.82 Å². The van der Waals surface area contributed by atoms with Crippen molar-refractivity contribution in [3.63, 3.8) is 0 Å². The summed E-state index contributed by atoms with van der Waals surface area (Å²) in [5.74, 6) is -1.53. The number of rotatable bonds is 3. The Morgan fingerprint density at radius 1 is 1.36 bits per heavy atom. The van der Waals surface area contributed by atoms with Crippen molar-refractivity contribution >= 4 is 23.4 Å². The van der Waals surface area contributed by atoms with Gasteiger partial charge in [-0.05, 0) is 18.2 Å². The van der Waals surface area contributed by atoms with Gasteiger partial charge in [0, 0.05) is 30.1 Å². The molecule has 0 bridgehead atoms. The summed E-state index contributed by atoms with van der Waals surface area (Å²) in [5, 5.41) is 2.80. The summed E-state index contributed by atoms with van der Waals surface area (Å²) in [5.41, 5.74) is -1.91. The lowest BCUT2D eigenvalue weighted by atomic mass is 10.1. The van der Waals surface area contributed by atoms with E-state index in [2.05, 4.69) is 10.3 Å². The van der Waals surface area contributed by atoms with E-state index in [1.54, 1.807) is 0 Å². The number of fused-ring (bicyclic) bond motifs is 1. The van der Waals surface area contributed by atoms with Crippen LogP contribution in [0.2, 0.25) is 0 Å². The molecule has 0 saturated heterocycles. The number of carbonyl (C=O) groups is 1. The van der Waals surface area contributed by atoms with Crippen LogP contribution in [-0.4, -0.2) is 21.2 Å². The Morgan fingerprint density at radius 2 is 2.12 bits per heavy atom. The molecule has 1 N–H and O–H groups in total. The van der Waals surface area contributed by atoms with E-state index in [1.165, 1.54) is 28.6 Å². The lowest BCUT2D eigenvalue weighted by Crippen LogP contribution is -2.27. The molecule has 0 spiro atoms. The lowest BCUT2D eigenvalue weighted by molar-refractivity contribution is -0.140. The third-order valence-corrected chi connectivity index (χ3v) is 4.70. The van der Waals surface area contributed by atoms with Crippen LogP contribution in [0.15, 0.2) is 40.4 Å². The van der Waals surface area contributed by atoms with Crippen molar-refractivity contribution in [2.24, 2.45) is 0 Å². The van der Waals surface area contributed by atoms with Gasteiger partial charge in [0.2, 0.25) is 5.91 Å². The number of thioether (sulfide) groups is 1. The van der Waals surface area contributed by atoms with Gasteiger partial charge in [-0.1, -0.05) is 11.8 Å². The SMILES string of the molecule is O=C(CC1CSc2nccc(=O)n21)Nc1ccc(F)c(C(F)(F)F)c1. The molecule has 3 rings (SSSR count). The van der Waals surface area contributed by atoms with E-state index < -0.39 is 29.5 Å². The predicted octanol–water partition coefficient (Wildman–Crippen LogP) is 3.08. The second-order valence-electron chi connectivity index (χ2n) is 5.35. The molecule has 1 amide bonds. The average molecular weight is 373 g/mol. The number of aromatic nitrogens is 2. The number of hydrogen-bond donors (Lipinski definition) is 1. The third kappa shape index (κ3) is 3.68. The highest BCUT2D eigenvalue weighted by Crippen LogP contribution is 2.34. The number of alkyl halides is 3. The van der Waals surface area contributed by atoms with Gasteiger partial charge in [-0.25, -0.2) is 9.37 Å². The van der Waals surface area contributed by atoms with Crippen molar-refractivity contribution in [1.82, 2.24) is 9.55 Å². The molecule has 25 heavy (non-hydrogen) atoms. The summed E-state index contributed by atoms with van der Waals surface area (Å²) in [6.45, 7) is 0. The standard InChI is InChI=1S/C15H11F4N3O2S/c16-11-2-1-8(5-10(11)15(17,18)19)21-12(23)6-9-7-25-14-20-4-3-13(24)22(9)14/h1-5,9H,6-7H2,(H,21,23). The summed E-state index contributed by atoms with van der Waals surface area (Å²) in [6.07, 6.45) is -3.59. The highest BCUT2D eigenvalue weighted by atomic mass is 32.2. The van der Waals surface area contributed by atoms with E-state index in [1.807, 2.05) is 0 Å². The Balaban J connectivity index is 1.74. The molecule has 0 radical (unpaired) electrons. The quantitative estimate of drug-likeness (QED) is 0.663. The lowest BCUT2D eigenvalue weighted by Gasteiger charge is -2.14. The minimum Gasteiger partial charge on any atom is -0.326 e. The molecular formula is C15H11F4N3O2S. The van der Waals surface area contributed by atoms with Crippen LogP contribution in [-0.2, 0) is 11.0 Å². The minimum atomic E-state index is -4.86. The molecule has 5 nitrogen and oxygen atoms in total. The zero-order chi connectivity index (χ0) is 18.2. The fourth-order valence-electron chi connectivity index (χ4n) is 2.49. The van der Waals surface area contributed by atoms with Gasteiger partial charge < -0.3 is 5.32 Å². The molecule has 1 aromatic heterocycles. The van der Waals surface area contributed by atoms with Crippen LogP contribution >= 0.6 is 11.8 Å². The number of anilines is 1. The second-order valence-corrected chi connectivity index (χ2v) is 6.33. The molecule has 10 heteroatoms. The highest BCUT2D eigenvalue weighted by Gasteiger charge is 2.34. The van der Waals surface area contributed by atoms with Crippen molar-refractivity contribution < 1.29 is 22.4 Å². The zero-order valence-electron chi connectivity index (χ0n) is 12.5. The Bertz CT molecular complexity index is 882. The van der Waals surface area contributed by atoms with Crippen LogP contribution in [0.25, 0.3) is 0 Å². The number of carbonyl (C=O) groups excluding carboxylic acids is 1. The van der Waals surface area contributed by atoms with Gasteiger partial charge in [0.15, 0.2) is 5.16 Å². The molecule has 2 heterocycles. The van der Waals surface area contributed by atoms with Gasteiger partial charge in [-0.15, -0.1) is 0 Å². The number of amides is 1. The fourth-order valence-corrected chi connectivity index (χ4v) is 3.61. The highest BCUT2D eigenvalue weighted by molar-refractivity contribution is 7.99. The van der Waals surface area contributed by atoms with Gasteiger partial charge in [0.05, 0.1) is 11.6 Å². The average Bonchev–Trinajstić information content (AvgIpc) is 2.92. The molecule has 0 saturated carbocycles. The van der Waals surface area contributed by atoms with E-state index >= 15 is 0 Å². The normalized spacial score (nSPS) is 16.6. The van der Waals surface area contributed by atoms with E-state index in [-0.39, 0.29) is 17.7 Å². The number of hydrogen-bond acceptors (Lipinski definition) is 4. The first-order valence-electron chi connectivity index (χ1n) is 7.12. The maximum atomic E-state index is 13.3. The number of nitrogens with zero attached hydrogens (tertiary/aromatic N) is 2. The largest absolute Gasteiger partial charge is 0.419 e. The van der Waals surface area contributed by atoms with Crippen molar-refractivity contribution in [3.8, 4) is 0 Å². The Hall–Kier alpha value is -2.36. The van der Waals surface area contributed by atoms with Crippen LogP contribution in [0.5, 0.6) is 0 Å². The first kappa shape index (κ1) is 17.5. The minimum absolute atomic E-state index is 0.107. The van der Waals surface area contributed by atoms with Crippen molar-refractivity contribution in [3.05, 3.63) is 52.2 Å². The number of benzene rings is 1. The zero-order valence-corrected chi connectivity index (χ0v) is 13.3. The predicted molar refractivity (Wildman–Crippen MR) is 82.9 cm³/mol. The molecule has 1 aliphatic rings. The summed E-state index contributed by atoms with van der Waals surface area (Å²) in [4.78, 5) is 28.0. The van der Waals surface area contributed by atoms with Crippen molar-refractivity contribution in [1.29, 1.82) is 0 Å². The molecule has 0 fully saturated rings. The van der Waals surface area contributed by atoms with Crippen LogP contribution in [0.3, 0.4) is 0 Å². The van der Waals surface area contributed by atoms with Crippen LogP contribution in [0.4, 0.5) is 23.2 Å². The number of halogens is 4. The smallest absolute Gasteiger partial charge is 0.326 e. The number of nitrogens with one attached hydrogen (secondary N) is 1. The van der Waals surface area contributed by atoms with Gasteiger partial charge in [-0.2, -0.15) is 13.2 Å². The monoisotopic (exact) mass is 373 g/mol. The van der Waals surface area contributed by atoms with Crippen LogP contribution < -0.4 is 10.9 Å². The Morgan fingerprint density at radius 3 is 2.84 bits per heavy atom. The van der Waals surface area contributed by atoms with Gasteiger partial charge in [0.25, 0.3) is 5.56 Å². The maximum Gasteiger partial charge on any atom is 0.419 e. The fraction of sp³-hybridized carbons (Fsp3) is 0.267. The van der Waals surface area contributed by atoms with E-state index in [4.69, 9.17) is 0 Å². The molecular weight excluding hydrogens is 362 g/mol. The van der Waals surface area contributed by atoms with Gasteiger partial charge >= 0.3 is 6.18 Å². The first-order chi connectivity index (χ1) is 11.8. The van der Waals surface area contributed by atoms with E-state index in [9.17, 15) is 27.2 Å². The molecule has 1 aromatic carbocycles. The van der Waals surface area contributed by atoms with E-state index in [0.29, 0.717) is 23.0 Å². The third-order valence-electron chi connectivity index (χ3n) is 3.59. The summed E-state index contributed by atoms with van der Waals surface area (Å²) in [6, 6.07) is 3.07. The molecule has 0 aliphatic carbocycles. The van der Waals surface area contributed by atoms with Crippen molar-refractivity contribution in [2.75, 3.05) is 11.1 Å². The van der Waals surface area contributed by atoms with Crippen LogP contribution in [0.1, 0.15) is 18.0 Å². The Kier molecular flexibility index (Phi) is 4.55. The van der Waals surface area contributed by atoms with Gasteiger partial charge in [-0.3, -0.25) is 14.2 Å². The molecule has 1 atom stereocenters. The second kappa shape index (κ2) is 6.51. The molecule has 2 aromatic rings. The summed E-state index contributed by atoms with van der Waals surface area (Å²) >= 11 is 1.32. The summed E-state index contributed by atoms with van der Waals surface area (Å²) < 4.78 is 52.8. The molecule has 1 aliphatic heterocycles. The molecule has 1 unspecified atom stereocenters. The summed E-state index contributed by atoms with van der Waals surface area (Å²) in [7, 11) is 0. The molecule has 132 valence electrons. The maximum absolute atomic E-state index is 13.3. The van der Waals surface area contributed by atoms with Crippen LogP contribution in [0, 0.1) is 5.82 Å². The topological polar surface area (TPSA) is 64.0 Å². The Labute approximate surface area is 143 Å². The first-order valence-corrected chi connectivity index (χ1v) is 8.11. The van der Waals surface area contributed by atoms with E-state index in [0.717, 1.165) is 6.07 Å².